The molecule has 0 fully saturated rings. The first-order valence-electron chi connectivity index (χ1n) is 4.90. The largest absolute Gasteiger partial charge is 0.347 e. The van der Waals surface area contributed by atoms with Crippen LogP contribution in [-0.4, -0.2) is 51.0 Å². The molecule has 0 N–H and O–H groups in total. The van der Waals surface area contributed by atoms with Crippen molar-refractivity contribution in [1.29, 1.82) is 0 Å². The van der Waals surface area contributed by atoms with Crippen LogP contribution in [0.5, 0.6) is 0 Å². The first-order chi connectivity index (χ1) is 9.47. The third kappa shape index (κ3) is 7.66. The number of hydrogen-bond acceptors (Lipinski definition) is 3. The van der Waals surface area contributed by atoms with Gasteiger partial charge in [0.05, 0.1) is 0 Å². The van der Waals surface area contributed by atoms with Gasteiger partial charge in [-0.2, -0.15) is 17.6 Å². The minimum absolute atomic E-state index is 2.28. The highest BCUT2D eigenvalue weighted by Crippen LogP contribution is 2.25. The van der Waals surface area contributed by atoms with Crippen LogP contribution in [0.3, 0.4) is 0 Å². The lowest BCUT2D eigenvalue weighted by atomic mass is 10.4. The molecule has 0 aliphatic carbocycles. The van der Waals surface area contributed by atoms with Crippen molar-refractivity contribution < 1.29 is 58.1 Å². The summed E-state index contributed by atoms with van der Waals surface area (Å²) in [5, 5.41) is 0. The van der Waals surface area contributed by atoms with Crippen LogP contribution in [0, 0.1) is 0 Å². The Kier molecular flexibility index (Phi) is 8.25. The van der Waals surface area contributed by atoms with Gasteiger partial charge in [0, 0.05) is 0 Å². The first-order valence-corrected chi connectivity index (χ1v) is 4.90. The number of ether oxygens (including phenoxy) is 3. The maximum atomic E-state index is 12.7. The van der Waals surface area contributed by atoms with Crippen LogP contribution in [0.4, 0.5) is 43.9 Å². The Morgan fingerprint density at radius 3 is 1.52 bits per heavy atom. The van der Waals surface area contributed by atoms with Gasteiger partial charge in [0.15, 0.2) is 0 Å². The maximum Gasteiger partial charge on any atom is 0.347 e. The number of rotatable bonds is 10. The molecule has 0 bridgehead atoms. The molecule has 4 atom stereocenters. The van der Waals surface area contributed by atoms with E-state index in [0.717, 1.165) is 0 Å². The predicted molar refractivity (Wildman–Crippen MR) is 44.7 cm³/mol. The van der Waals surface area contributed by atoms with Crippen LogP contribution in [0.15, 0.2) is 0 Å². The summed E-state index contributed by atoms with van der Waals surface area (Å²) in [5.41, 5.74) is 0. The zero-order chi connectivity index (χ0) is 16.8. The lowest BCUT2D eigenvalue weighted by Gasteiger charge is -2.21. The molecule has 3 nitrogen and oxygen atoms in total. The summed E-state index contributed by atoms with van der Waals surface area (Å²) in [6.07, 6.45) is -18.3. The van der Waals surface area contributed by atoms with Gasteiger partial charge in [-0.15, -0.1) is 0 Å². The molecule has 0 aromatic heterocycles. The fourth-order valence-corrected chi connectivity index (χ4v) is 0.737. The Hall–Kier alpha value is -0.820. The second kappa shape index (κ2) is 8.58. The standard InChI is InChI=1S/C8H8F10O3/c9-2(19-1-8(17,18)6(13)14)3(10)20-4(11)5(12)21-7(15)16/h2-7H,1H2. The van der Waals surface area contributed by atoms with Gasteiger partial charge in [0.25, 0.3) is 25.4 Å². The molecule has 0 heterocycles. The fourth-order valence-electron chi connectivity index (χ4n) is 0.737. The minimum atomic E-state index is -4.82. The molecule has 0 radical (unpaired) electrons. The average Bonchev–Trinajstić information content (AvgIpc) is 2.34. The van der Waals surface area contributed by atoms with Gasteiger partial charge in [-0.05, 0) is 0 Å². The molecule has 21 heavy (non-hydrogen) atoms. The molecule has 0 aromatic carbocycles. The Labute approximate surface area is 110 Å². The highest BCUT2D eigenvalue weighted by Gasteiger charge is 2.43. The van der Waals surface area contributed by atoms with E-state index in [0.29, 0.717) is 0 Å². The molecule has 13 heteroatoms. The summed E-state index contributed by atoms with van der Waals surface area (Å²) in [6.45, 7) is -6.07. The molecule has 0 spiro atoms. The van der Waals surface area contributed by atoms with Crippen molar-refractivity contribution in [3.05, 3.63) is 0 Å². The molecule has 0 aliphatic rings. The number of hydrogen-bond donors (Lipinski definition) is 0. The van der Waals surface area contributed by atoms with Crippen LogP contribution >= 0.6 is 0 Å². The monoisotopic (exact) mass is 342 g/mol. The second-order valence-corrected chi connectivity index (χ2v) is 3.31. The Morgan fingerprint density at radius 2 is 1.10 bits per heavy atom. The SMILES string of the molecule is FC(F)OC(F)C(F)OC(F)C(F)OCC(F)(F)C(F)F. The van der Waals surface area contributed by atoms with E-state index in [-0.39, 0.29) is 0 Å². The molecule has 0 saturated heterocycles. The van der Waals surface area contributed by atoms with Gasteiger partial charge in [0.2, 0.25) is 0 Å². The van der Waals surface area contributed by atoms with Crippen molar-refractivity contribution in [1.82, 2.24) is 0 Å². The molecular formula is C8H8F10O3. The highest BCUT2D eigenvalue weighted by molar-refractivity contribution is 4.68. The van der Waals surface area contributed by atoms with Gasteiger partial charge < -0.3 is 9.47 Å². The van der Waals surface area contributed by atoms with Crippen LogP contribution in [0.25, 0.3) is 0 Å². The van der Waals surface area contributed by atoms with Crippen molar-refractivity contribution in [2.24, 2.45) is 0 Å². The fraction of sp³-hybridized carbons (Fsp3) is 1.00. The van der Waals surface area contributed by atoms with Crippen LogP contribution < -0.4 is 0 Å². The van der Waals surface area contributed by atoms with Gasteiger partial charge in [-0.3, -0.25) is 4.74 Å². The van der Waals surface area contributed by atoms with E-state index < -0.39 is 51.0 Å². The van der Waals surface area contributed by atoms with E-state index in [4.69, 9.17) is 0 Å². The quantitative estimate of drug-likeness (QED) is 0.570. The molecular weight excluding hydrogens is 334 g/mol. The van der Waals surface area contributed by atoms with E-state index in [1.165, 1.54) is 0 Å². The second-order valence-electron chi connectivity index (χ2n) is 3.31. The number of alkyl halides is 10. The summed E-state index contributed by atoms with van der Waals surface area (Å²) >= 11 is 0. The van der Waals surface area contributed by atoms with E-state index in [9.17, 15) is 43.9 Å². The minimum Gasteiger partial charge on any atom is -0.337 e. The van der Waals surface area contributed by atoms with Crippen molar-refractivity contribution in [3.8, 4) is 0 Å². The van der Waals surface area contributed by atoms with E-state index >= 15 is 0 Å². The Balaban J connectivity index is 4.24. The molecule has 4 unspecified atom stereocenters. The van der Waals surface area contributed by atoms with Crippen molar-refractivity contribution in [3.63, 3.8) is 0 Å². The van der Waals surface area contributed by atoms with E-state index in [2.05, 4.69) is 14.2 Å². The predicted octanol–water partition coefficient (Wildman–Crippen LogP) is 3.34. The third-order valence-electron chi connectivity index (χ3n) is 1.66. The van der Waals surface area contributed by atoms with Crippen molar-refractivity contribution in [2.75, 3.05) is 6.61 Å². The molecule has 0 aliphatic heterocycles. The molecule has 0 amide bonds. The van der Waals surface area contributed by atoms with Crippen LogP contribution in [0.2, 0.25) is 0 Å². The number of halogens is 10. The van der Waals surface area contributed by atoms with Crippen molar-refractivity contribution in [2.45, 2.75) is 44.4 Å². The summed E-state index contributed by atoms with van der Waals surface area (Å²) in [5.74, 6) is -4.82. The maximum absolute atomic E-state index is 12.7. The summed E-state index contributed by atoms with van der Waals surface area (Å²) < 4.78 is 130. The van der Waals surface area contributed by atoms with E-state index in [1.807, 2.05) is 0 Å². The Morgan fingerprint density at radius 1 is 0.667 bits per heavy atom. The van der Waals surface area contributed by atoms with Crippen molar-refractivity contribution >= 4 is 0 Å². The van der Waals surface area contributed by atoms with E-state index in [1.54, 1.807) is 0 Å². The zero-order valence-electron chi connectivity index (χ0n) is 9.68. The third-order valence-corrected chi connectivity index (χ3v) is 1.66. The van der Waals surface area contributed by atoms with Gasteiger partial charge in [-0.25, -0.2) is 26.3 Å². The molecule has 0 rings (SSSR count). The van der Waals surface area contributed by atoms with Gasteiger partial charge in [0.1, 0.15) is 6.61 Å². The van der Waals surface area contributed by atoms with Crippen LogP contribution in [0.1, 0.15) is 0 Å². The highest BCUT2D eigenvalue weighted by atomic mass is 19.3. The molecule has 0 aromatic rings. The zero-order valence-corrected chi connectivity index (χ0v) is 9.68. The molecule has 128 valence electrons. The van der Waals surface area contributed by atoms with Gasteiger partial charge >= 0.3 is 19.0 Å². The normalized spacial score (nSPS) is 18.9. The Bertz CT molecular complexity index is 291. The summed E-state index contributed by atoms with van der Waals surface area (Å²) in [6, 6.07) is 0. The first kappa shape index (κ1) is 20.2. The smallest absolute Gasteiger partial charge is 0.337 e. The van der Waals surface area contributed by atoms with Gasteiger partial charge in [-0.1, -0.05) is 0 Å². The van der Waals surface area contributed by atoms with Crippen LogP contribution in [-0.2, 0) is 14.2 Å². The lowest BCUT2D eigenvalue weighted by Crippen LogP contribution is -2.38. The lowest BCUT2D eigenvalue weighted by molar-refractivity contribution is -0.305. The topological polar surface area (TPSA) is 27.7 Å². The molecule has 0 saturated carbocycles. The summed E-state index contributed by atoms with van der Waals surface area (Å²) in [7, 11) is 0. The summed E-state index contributed by atoms with van der Waals surface area (Å²) in [4.78, 5) is 0. The average molecular weight is 342 g/mol.